The second kappa shape index (κ2) is 6.82. The lowest BCUT2D eigenvalue weighted by Crippen LogP contribution is -2.47. The van der Waals surface area contributed by atoms with Gasteiger partial charge in [0.2, 0.25) is 10.0 Å². The third kappa shape index (κ3) is 3.21. The Bertz CT molecular complexity index is 818. The molecular weight excluding hydrogens is 386 g/mol. The second-order valence-electron chi connectivity index (χ2n) is 6.10. The quantitative estimate of drug-likeness (QED) is 0.691. The summed E-state index contributed by atoms with van der Waals surface area (Å²) in [7, 11) is -3.55. The summed E-state index contributed by atoms with van der Waals surface area (Å²) in [6, 6.07) is 16.8. The predicted molar refractivity (Wildman–Crippen MR) is 100 cm³/mol. The van der Waals surface area contributed by atoms with E-state index < -0.39 is 15.6 Å². The van der Waals surface area contributed by atoms with E-state index >= 15 is 0 Å². The first-order chi connectivity index (χ1) is 11.5. The lowest BCUT2D eigenvalue weighted by molar-refractivity contribution is 0.301. The SMILES string of the molecule is C=C[C@]1(Cc2ccccc2)CCCN1S(=O)(=O)c1ccc(Br)cc1. The normalized spacial score (nSPS) is 21.7. The first kappa shape index (κ1) is 17.4. The van der Waals surface area contributed by atoms with Crippen molar-refractivity contribution >= 4 is 26.0 Å². The smallest absolute Gasteiger partial charge is 0.207 e. The molecule has 126 valence electrons. The van der Waals surface area contributed by atoms with Gasteiger partial charge in [-0.2, -0.15) is 4.31 Å². The highest BCUT2D eigenvalue weighted by Crippen LogP contribution is 2.38. The molecule has 2 aromatic rings. The van der Waals surface area contributed by atoms with E-state index in [1.807, 2.05) is 36.4 Å². The summed E-state index contributed by atoms with van der Waals surface area (Å²) in [5, 5.41) is 0. The van der Waals surface area contributed by atoms with Crippen molar-refractivity contribution in [3.05, 3.63) is 77.3 Å². The van der Waals surface area contributed by atoms with Gasteiger partial charge in [0.05, 0.1) is 10.4 Å². The summed E-state index contributed by atoms with van der Waals surface area (Å²) >= 11 is 3.35. The molecule has 5 heteroatoms. The molecule has 24 heavy (non-hydrogen) atoms. The molecule has 0 radical (unpaired) electrons. The summed E-state index contributed by atoms with van der Waals surface area (Å²) in [5.74, 6) is 0. The monoisotopic (exact) mass is 405 g/mol. The van der Waals surface area contributed by atoms with E-state index in [0.717, 1.165) is 22.9 Å². The molecule has 0 N–H and O–H groups in total. The van der Waals surface area contributed by atoms with Gasteiger partial charge in [-0.3, -0.25) is 0 Å². The van der Waals surface area contributed by atoms with Crippen molar-refractivity contribution in [3.8, 4) is 0 Å². The number of hydrogen-bond donors (Lipinski definition) is 0. The average Bonchev–Trinajstić information content (AvgIpc) is 3.01. The van der Waals surface area contributed by atoms with Crippen LogP contribution in [0.5, 0.6) is 0 Å². The Morgan fingerprint density at radius 2 is 1.79 bits per heavy atom. The van der Waals surface area contributed by atoms with Crippen molar-refractivity contribution in [1.82, 2.24) is 4.31 Å². The molecule has 0 aromatic heterocycles. The minimum Gasteiger partial charge on any atom is -0.207 e. The molecule has 1 fully saturated rings. The zero-order valence-corrected chi connectivity index (χ0v) is 15.8. The van der Waals surface area contributed by atoms with Gasteiger partial charge in [0, 0.05) is 11.0 Å². The largest absolute Gasteiger partial charge is 0.243 e. The Hall–Kier alpha value is -1.43. The fourth-order valence-electron chi connectivity index (χ4n) is 3.37. The molecule has 1 aliphatic rings. The highest BCUT2D eigenvalue weighted by molar-refractivity contribution is 9.10. The number of hydrogen-bond acceptors (Lipinski definition) is 2. The van der Waals surface area contributed by atoms with Crippen LogP contribution in [-0.2, 0) is 16.4 Å². The molecule has 0 aliphatic carbocycles. The molecule has 1 saturated heterocycles. The Morgan fingerprint density at radius 3 is 2.42 bits per heavy atom. The number of benzene rings is 2. The van der Waals surface area contributed by atoms with Crippen LogP contribution >= 0.6 is 15.9 Å². The minimum atomic E-state index is -3.55. The van der Waals surface area contributed by atoms with Crippen LogP contribution in [0.3, 0.4) is 0 Å². The maximum Gasteiger partial charge on any atom is 0.243 e. The van der Waals surface area contributed by atoms with E-state index in [1.54, 1.807) is 28.6 Å². The minimum absolute atomic E-state index is 0.326. The summed E-state index contributed by atoms with van der Waals surface area (Å²) < 4.78 is 28.8. The highest BCUT2D eigenvalue weighted by Gasteiger charge is 2.45. The molecule has 0 spiro atoms. The predicted octanol–water partition coefficient (Wildman–Crippen LogP) is 4.40. The van der Waals surface area contributed by atoms with Gasteiger partial charge in [0.15, 0.2) is 0 Å². The van der Waals surface area contributed by atoms with Gasteiger partial charge in [0.1, 0.15) is 0 Å². The second-order valence-corrected chi connectivity index (χ2v) is 8.88. The van der Waals surface area contributed by atoms with Crippen molar-refractivity contribution < 1.29 is 8.42 Å². The number of rotatable bonds is 5. The molecule has 0 bridgehead atoms. The Labute approximate surface area is 152 Å². The molecule has 0 amide bonds. The standard InChI is InChI=1S/C19H20BrNO2S/c1-2-19(15-16-7-4-3-5-8-16)13-6-14-21(19)24(22,23)18-11-9-17(20)10-12-18/h2-5,7-12H,1,6,13-15H2/t19-/m1/s1. The van der Waals surface area contributed by atoms with Gasteiger partial charge in [-0.05, 0) is 49.1 Å². The topological polar surface area (TPSA) is 37.4 Å². The third-order valence-corrected chi connectivity index (χ3v) is 7.13. The van der Waals surface area contributed by atoms with Crippen LogP contribution < -0.4 is 0 Å². The molecule has 1 aliphatic heterocycles. The van der Waals surface area contributed by atoms with E-state index in [-0.39, 0.29) is 0 Å². The number of halogens is 1. The van der Waals surface area contributed by atoms with Crippen LogP contribution in [0.15, 0.2) is 76.6 Å². The fraction of sp³-hybridized carbons (Fsp3) is 0.263. The first-order valence-corrected chi connectivity index (χ1v) is 10.2. The van der Waals surface area contributed by atoms with Gasteiger partial charge in [-0.15, -0.1) is 6.58 Å². The van der Waals surface area contributed by atoms with E-state index in [2.05, 4.69) is 22.5 Å². The van der Waals surface area contributed by atoms with Gasteiger partial charge in [-0.1, -0.05) is 52.3 Å². The summed E-state index contributed by atoms with van der Waals surface area (Å²) in [6.45, 7) is 4.49. The fourth-order valence-corrected chi connectivity index (χ4v) is 5.45. The Balaban J connectivity index is 1.98. The maximum atomic E-state index is 13.2. The molecule has 2 aromatic carbocycles. The van der Waals surface area contributed by atoms with Crippen molar-refractivity contribution in [1.29, 1.82) is 0 Å². The number of nitrogens with zero attached hydrogens (tertiary/aromatic N) is 1. The van der Waals surface area contributed by atoms with Crippen molar-refractivity contribution in [3.63, 3.8) is 0 Å². The van der Waals surface area contributed by atoms with Crippen molar-refractivity contribution in [2.45, 2.75) is 29.7 Å². The zero-order valence-electron chi connectivity index (χ0n) is 13.4. The van der Waals surface area contributed by atoms with Crippen LogP contribution in [0.25, 0.3) is 0 Å². The molecule has 0 unspecified atom stereocenters. The van der Waals surface area contributed by atoms with Crippen molar-refractivity contribution in [2.75, 3.05) is 6.54 Å². The zero-order chi connectivity index (χ0) is 17.2. The highest BCUT2D eigenvalue weighted by atomic mass is 79.9. The molecule has 3 rings (SSSR count). The van der Waals surface area contributed by atoms with Crippen LogP contribution in [0, 0.1) is 0 Å². The molecule has 0 saturated carbocycles. The van der Waals surface area contributed by atoms with Gasteiger partial charge in [0.25, 0.3) is 0 Å². The molecular formula is C19H20BrNO2S. The van der Waals surface area contributed by atoms with Crippen LogP contribution in [0.1, 0.15) is 18.4 Å². The Morgan fingerprint density at radius 1 is 1.12 bits per heavy atom. The van der Waals surface area contributed by atoms with E-state index in [4.69, 9.17) is 0 Å². The van der Waals surface area contributed by atoms with Gasteiger partial charge >= 0.3 is 0 Å². The maximum absolute atomic E-state index is 13.2. The van der Waals surface area contributed by atoms with Crippen molar-refractivity contribution in [2.24, 2.45) is 0 Å². The summed E-state index contributed by atoms with van der Waals surface area (Å²) in [5.41, 5.74) is 0.558. The molecule has 1 heterocycles. The molecule has 1 atom stereocenters. The average molecular weight is 406 g/mol. The van der Waals surface area contributed by atoms with Gasteiger partial charge in [-0.25, -0.2) is 8.42 Å². The van der Waals surface area contributed by atoms with E-state index in [0.29, 0.717) is 17.9 Å². The van der Waals surface area contributed by atoms with Crippen LogP contribution in [-0.4, -0.2) is 24.8 Å². The third-order valence-electron chi connectivity index (χ3n) is 4.60. The Kier molecular flexibility index (Phi) is 4.95. The van der Waals surface area contributed by atoms with Crippen LogP contribution in [0.4, 0.5) is 0 Å². The molecule has 3 nitrogen and oxygen atoms in total. The van der Waals surface area contributed by atoms with E-state index in [1.165, 1.54) is 0 Å². The summed E-state index contributed by atoms with van der Waals surface area (Å²) in [6.07, 6.45) is 4.09. The number of sulfonamides is 1. The summed E-state index contributed by atoms with van der Waals surface area (Å²) in [4.78, 5) is 0.326. The lowest BCUT2D eigenvalue weighted by atomic mass is 9.89. The van der Waals surface area contributed by atoms with Crippen LogP contribution in [0.2, 0.25) is 0 Å². The van der Waals surface area contributed by atoms with Gasteiger partial charge < -0.3 is 0 Å². The first-order valence-electron chi connectivity index (χ1n) is 7.94. The lowest BCUT2D eigenvalue weighted by Gasteiger charge is -2.35. The van der Waals surface area contributed by atoms with E-state index in [9.17, 15) is 8.42 Å².